The first-order valence-corrected chi connectivity index (χ1v) is 7.43. The van der Waals surface area contributed by atoms with Gasteiger partial charge in [0, 0.05) is 0 Å². The van der Waals surface area contributed by atoms with Crippen molar-refractivity contribution in [3.63, 3.8) is 0 Å². The first kappa shape index (κ1) is 16.9. The summed E-state index contributed by atoms with van der Waals surface area (Å²) in [6, 6.07) is 0. The molecule has 0 amide bonds. The van der Waals surface area contributed by atoms with Crippen LogP contribution in [0, 0.1) is 5.92 Å². The zero-order chi connectivity index (χ0) is 12.8. The second-order valence-electron chi connectivity index (χ2n) is 5.33. The van der Waals surface area contributed by atoms with E-state index in [4.69, 9.17) is 0 Å². The van der Waals surface area contributed by atoms with Crippen molar-refractivity contribution in [3.8, 4) is 0 Å². The van der Waals surface area contributed by atoms with Gasteiger partial charge < -0.3 is 4.74 Å². The van der Waals surface area contributed by atoms with Gasteiger partial charge in [0.25, 0.3) is 0 Å². The number of ether oxygens (including phenoxy) is 1. The molecule has 0 N–H and O–H groups in total. The first-order chi connectivity index (χ1) is 8.27. The van der Waals surface area contributed by atoms with E-state index in [0.717, 1.165) is 32.0 Å². The molecule has 2 heteroatoms. The summed E-state index contributed by atoms with van der Waals surface area (Å²) in [4.78, 5) is 0. The van der Waals surface area contributed by atoms with E-state index in [2.05, 4.69) is 18.6 Å². The van der Waals surface area contributed by atoms with Crippen LogP contribution in [-0.4, -0.2) is 19.8 Å². The van der Waals surface area contributed by atoms with Crippen molar-refractivity contribution in [2.75, 3.05) is 19.8 Å². The summed E-state index contributed by atoms with van der Waals surface area (Å²) >= 11 is 0. The maximum absolute atomic E-state index is 10.2. The molecular weight excluding hydrogens is 212 g/mol. The van der Waals surface area contributed by atoms with E-state index in [1.165, 1.54) is 44.9 Å². The highest BCUT2D eigenvalue weighted by molar-refractivity contribution is 4.49. The Kier molecular flexibility index (Phi) is 13.9. The van der Waals surface area contributed by atoms with E-state index in [-0.39, 0.29) is 6.61 Å². The lowest BCUT2D eigenvalue weighted by atomic mass is 10.0. The smallest absolute Gasteiger partial charge is 0.0822 e. The quantitative estimate of drug-likeness (QED) is 0.407. The normalized spacial score (nSPS) is 13.4. The van der Waals surface area contributed by atoms with Crippen molar-refractivity contribution in [1.82, 2.24) is 0 Å². The Morgan fingerprint density at radius 1 is 0.824 bits per heavy atom. The van der Waals surface area contributed by atoms with E-state index >= 15 is 0 Å². The van der Waals surface area contributed by atoms with Gasteiger partial charge in [0.15, 0.2) is 0 Å². The lowest BCUT2D eigenvalue weighted by molar-refractivity contribution is 0.186. The molecular formula is C15H31O2. The molecule has 1 aliphatic heterocycles. The van der Waals surface area contributed by atoms with E-state index < -0.39 is 0 Å². The fourth-order valence-electron chi connectivity index (χ4n) is 1.72. The number of rotatable bonds is 10. The zero-order valence-corrected chi connectivity index (χ0v) is 11.9. The van der Waals surface area contributed by atoms with Gasteiger partial charge in [0.05, 0.1) is 19.8 Å². The standard InChI is InChI=1S/C13H27O.C2H4O/c1-13(2)11-9-7-5-3-4-6-8-10-12-14;1-2-3-1/h13H,3-12H2,1-2H3;1-2H2. The lowest BCUT2D eigenvalue weighted by Crippen LogP contribution is -1.87. The second-order valence-corrected chi connectivity index (χ2v) is 5.33. The van der Waals surface area contributed by atoms with Crippen LogP contribution in [-0.2, 0) is 9.84 Å². The Bertz CT molecular complexity index is 130. The number of epoxide rings is 1. The van der Waals surface area contributed by atoms with E-state index in [1.54, 1.807) is 0 Å². The summed E-state index contributed by atoms with van der Waals surface area (Å²) in [7, 11) is 0. The third-order valence-electron chi connectivity index (χ3n) is 2.88. The molecule has 1 saturated heterocycles. The van der Waals surface area contributed by atoms with Crippen LogP contribution < -0.4 is 0 Å². The van der Waals surface area contributed by atoms with Gasteiger partial charge in [0.2, 0.25) is 0 Å². The molecule has 0 aliphatic carbocycles. The highest BCUT2D eigenvalue weighted by atomic mass is 16.6. The van der Waals surface area contributed by atoms with Crippen LogP contribution in [0.4, 0.5) is 0 Å². The van der Waals surface area contributed by atoms with Crippen LogP contribution in [0.25, 0.3) is 0 Å². The van der Waals surface area contributed by atoms with E-state index in [9.17, 15) is 5.11 Å². The van der Waals surface area contributed by atoms with Gasteiger partial charge in [-0.15, -0.1) is 0 Å². The summed E-state index contributed by atoms with van der Waals surface area (Å²) < 4.78 is 4.50. The van der Waals surface area contributed by atoms with E-state index in [0.29, 0.717) is 0 Å². The van der Waals surface area contributed by atoms with Crippen LogP contribution in [0.3, 0.4) is 0 Å². The van der Waals surface area contributed by atoms with Crippen molar-refractivity contribution in [3.05, 3.63) is 0 Å². The molecule has 2 nitrogen and oxygen atoms in total. The van der Waals surface area contributed by atoms with Gasteiger partial charge in [-0.3, -0.25) is 0 Å². The molecule has 0 unspecified atom stereocenters. The molecule has 0 aromatic rings. The summed E-state index contributed by atoms with van der Waals surface area (Å²) in [6.07, 6.45) is 11.6. The molecule has 1 radical (unpaired) electrons. The fraction of sp³-hybridized carbons (Fsp3) is 1.00. The molecule has 1 aliphatic rings. The van der Waals surface area contributed by atoms with Crippen molar-refractivity contribution in [1.29, 1.82) is 0 Å². The highest BCUT2D eigenvalue weighted by Gasteiger charge is 1.95. The minimum absolute atomic E-state index is 0.119. The monoisotopic (exact) mass is 243 g/mol. The second kappa shape index (κ2) is 14.0. The summed E-state index contributed by atoms with van der Waals surface area (Å²) in [5, 5.41) is 10.2. The first-order valence-electron chi connectivity index (χ1n) is 7.43. The maximum atomic E-state index is 10.2. The predicted octanol–water partition coefficient (Wildman–Crippen LogP) is 4.60. The largest absolute Gasteiger partial charge is 0.377 e. The Balaban J connectivity index is 0.000000728. The molecule has 0 aromatic heterocycles. The van der Waals surface area contributed by atoms with Crippen LogP contribution in [0.2, 0.25) is 0 Å². The van der Waals surface area contributed by atoms with Gasteiger partial charge in [-0.1, -0.05) is 65.2 Å². The third kappa shape index (κ3) is 21.7. The zero-order valence-electron chi connectivity index (χ0n) is 11.9. The lowest BCUT2D eigenvalue weighted by Gasteiger charge is -2.04. The molecule has 1 heterocycles. The molecule has 0 atom stereocenters. The molecule has 0 aromatic carbocycles. The van der Waals surface area contributed by atoms with Gasteiger partial charge in [0.1, 0.15) is 0 Å². The van der Waals surface area contributed by atoms with Crippen molar-refractivity contribution in [2.45, 2.75) is 71.6 Å². The molecule has 0 saturated carbocycles. The number of unbranched alkanes of at least 4 members (excludes halogenated alkanes) is 7. The third-order valence-corrected chi connectivity index (χ3v) is 2.88. The van der Waals surface area contributed by atoms with Crippen molar-refractivity contribution < 1.29 is 9.84 Å². The SMILES string of the molecule is C1CO1.CC(C)CCCCCCCCCC[O]. The Morgan fingerprint density at radius 2 is 1.24 bits per heavy atom. The van der Waals surface area contributed by atoms with Gasteiger partial charge in [-0.25, -0.2) is 5.11 Å². The summed E-state index contributed by atoms with van der Waals surface area (Å²) in [5.41, 5.74) is 0. The minimum atomic E-state index is 0.119. The highest BCUT2D eigenvalue weighted by Crippen LogP contribution is 2.12. The number of hydrogen-bond acceptors (Lipinski definition) is 1. The van der Waals surface area contributed by atoms with Crippen LogP contribution >= 0.6 is 0 Å². The minimum Gasteiger partial charge on any atom is -0.377 e. The Labute approximate surface area is 108 Å². The molecule has 0 bridgehead atoms. The Hall–Kier alpha value is -0.0800. The van der Waals surface area contributed by atoms with E-state index in [1.807, 2.05) is 0 Å². The average Bonchev–Trinajstić information content (AvgIpc) is 3.14. The molecule has 1 fully saturated rings. The topological polar surface area (TPSA) is 32.4 Å². The van der Waals surface area contributed by atoms with Crippen molar-refractivity contribution in [2.24, 2.45) is 5.92 Å². The van der Waals surface area contributed by atoms with Crippen molar-refractivity contribution >= 4 is 0 Å². The fourth-order valence-corrected chi connectivity index (χ4v) is 1.72. The van der Waals surface area contributed by atoms with Gasteiger partial charge >= 0.3 is 0 Å². The Morgan fingerprint density at radius 3 is 1.59 bits per heavy atom. The molecule has 103 valence electrons. The van der Waals surface area contributed by atoms with Crippen LogP contribution in [0.15, 0.2) is 0 Å². The predicted molar refractivity (Wildman–Crippen MR) is 72.8 cm³/mol. The maximum Gasteiger partial charge on any atom is 0.0822 e. The molecule has 17 heavy (non-hydrogen) atoms. The molecule has 0 spiro atoms. The van der Waals surface area contributed by atoms with Gasteiger partial charge in [-0.2, -0.15) is 0 Å². The van der Waals surface area contributed by atoms with Crippen LogP contribution in [0.1, 0.15) is 71.6 Å². The summed E-state index contributed by atoms with van der Waals surface area (Å²) in [5.74, 6) is 0.868. The van der Waals surface area contributed by atoms with Crippen LogP contribution in [0.5, 0.6) is 0 Å². The van der Waals surface area contributed by atoms with Gasteiger partial charge in [-0.05, 0) is 12.3 Å². The average molecular weight is 243 g/mol. The summed E-state index contributed by atoms with van der Waals surface area (Å²) in [6.45, 7) is 6.71. The molecule has 1 rings (SSSR count). The number of hydrogen-bond donors (Lipinski definition) is 0.